The number of carbonyl (C=O) groups is 2. The van der Waals surface area contributed by atoms with E-state index >= 15 is 0 Å². The number of anilines is 2. The fourth-order valence-electron chi connectivity index (χ4n) is 3.72. The minimum atomic E-state index is -0.510. The number of hydrogen-bond donors (Lipinski definition) is 1. The standard InChI is InChI=1S/C27H39N3O2/c1-19(2)16-25(31)28-23-14-15-24(29(7)8)22(17-23)18-30(26(32)27(4,5)6)20(3)21-12-10-9-11-13-21/h9-15,17,19-20H,16,18H2,1-8H3,(H,28,31)/t20-/m0/s1. The molecule has 0 aliphatic rings. The molecule has 0 radical (unpaired) electrons. The van der Waals surface area contributed by atoms with Crippen LogP contribution in [0, 0.1) is 11.3 Å². The highest BCUT2D eigenvalue weighted by Crippen LogP contribution is 2.32. The third-order valence-corrected chi connectivity index (χ3v) is 5.43. The van der Waals surface area contributed by atoms with E-state index in [0.717, 1.165) is 22.5 Å². The summed E-state index contributed by atoms with van der Waals surface area (Å²) >= 11 is 0. The fraction of sp³-hybridized carbons (Fsp3) is 0.481. The Morgan fingerprint density at radius 3 is 2.12 bits per heavy atom. The van der Waals surface area contributed by atoms with Crippen LogP contribution in [0.15, 0.2) is 48.5 Å². The minimum absolute atomic E-state index is 0.00355. The van der Waals surface area contributed by atoms with Gasteiger partial charge >= 0.3 is 0 Å². The molecule has 2 aromatic carbocycles. The Bertz CT molecular complexity index is 914. The maximum atomic E-state index is 13.5. The van der Waals surface area contributed by atoms with Crippen LogP contribution < -0.4 is 10.2 Å². The van der Waals surface area contributed by atoms with E-state index in [9.17, 15) is 9.59 Å². The van der Waals surface area contributed by atoms with Gasteiger partial charge in [0.2, 0.25) is 11.8 Å². The van der Waals surface area contributed by atoms with E-state index in [1.54, 1.807) is 0 Å². The van der Waals surface area contributed by atoms with Crippen LogP contribution in [0.3, 0.4) is 0 Å². The van der Waals surface area contributed by atoms with Gasteiger partial charge in [-0.2, -0.15) is 0 Å². The van der Waals surface area contributed by atoms with Gasteiger partial charge in [-0.3, -0.25) is 9.59 Å². The van der Waals surface area contributed by atoms with Gasteiger partial charge in [0.15, 0.2) is 0 Å². The second kappa shape index (κ2) is 10.7. The molecule has 0 spiro atoms. The molecule has 0 saturated carbocycles. The van der Waals surface area contributed by atoms with Crippen molar-refractivity contribution in [2.24, 2.45) is 11.3 Å². The number of carbonyl (C=O) groups excluding carboxylic acids is 2. The molecule has 0 aliphatic carbocycles. The quantitative estimate of drug-likeness (QED) is 0.562. The topological polar surface area (TPSA) is 52.7 Å². The van der Waals surface area contributed by atoms with Crippen molar-refractivity contribution >= 4 is 23.2 Å². The van der Waals surface area contributed by atoms with E-state index in [0.29, 0.717) is 18.9 Å². The summed E-state index contributed by atoms with van der Waals surface area (Å²) in [4.78, 5) is 29.8. The van der Waals surface area contributed by atoms with E-state index in [1.165, 1.54) is 0 Å². The summed E-state index contributed by atoms with van der Waals surface area (Å²) in [5, 5.41) is 3.01. The van der Waals surface area contributed by atoms with E-state index in [2.05, 4.69) is 24.4 Å². The lowest BCUT2D eigenvalue weighted by Gasteiger charge is -2.35. The van der Waals surface area contributed by atoms with Crippen LogP contribution in [0.1, 0.15) is 65.1 Å². The molecule has 2 rings (SSSR count). The number of nitrogens with zero attached hydrogens (tertiary/aromatic N) is 2. The molecule has 174 valence electrons. The molecule has 0 aliphatic heterocycles. The number of benzene rings is 2. The molecule has 1 atom stereocenters. The van der Waals surface area contributed by atoms with Gasteiger partial charge in [-0.15, -0.1) is 0 Å². The molecule has 0 bridgehead atoms. The lowest BCUT2D eigenvalue weighted by molar-refractivity contribution is -0.142. The molecular weight excluding hydrogens is 398 g/mol. The zero-order chi connectivity index (χ0) is 24.1. The SMILES string of the molecule is CC(C)CC(=O)Nc1ccc(N(C)C)c(CN(C(=O)C(C)(C)C)[C@@H](C)c2ccccc2)c1. The molecule has 2 amide bonds. The zero-order valence-corrected chi connectivity index (χ0v) is 20.9. The zero-order valence-electron chi connectivity index (χ0n) is 20.9. The van der Waals surface area contributed by atoms with E-state index in [4.69, 9.17) is 0 Å². The second-order valence-corrected chi connectivity index (χ2v) is 10.2. The van der Waals surface area contributed by atoms with E-state index < -0.39 is 5.41 Å². The third-order valence-electron chi connectivity index (χ3n) is 5.43. The molecule has 32 heavy (non-hydrogen) atoms. The summed E-state index contributed by atoms with van der Waals surface area (Å²) in [6.45, 7) is 12.4. The molecule has 0 unspecified atom stereocenters. The maximum absolute atomic E-state index is 13.5. The monoisotopic (exact) mass is 437 g/mol. The average Bonchev–Trinajstić information content (AvgIpc) is 2.70. The molecule has 5 heteroatoms. The highest BCUT2D eigenvalue weighted by atomic mass is 16.2. The Kier molecular flexibility index (Phi) is 8.48. The van der Waals surface area contributed by atoms with E-state index in [-0.39, 0.29) is 17.9 Å². The molecule has 2 aromatic rings. The minimum Gasteiger partial charge on any atom is -0.377 e. The predicted octanol–water partition coefficient (Wildman–Crippen LogP) is 5.87. The van der Waals surface area contributed by atoms with Crippen molar-refractivity contribution in [3.8, 4) is 0 Å². The second-order valence-electron chi connectivity index (χ2n) is 10.2. The summed E-state index contributed by atoms with van der Waals surface area (Å²) in [5.74, 6) is 0.388. The van der Waals surface area contributed by atoms with Crippen molar-refractivity contribution in [3.05, 3.63) is 59.7 Å². The lowest BCUT2D eigenvalue weighted by atomic mass is 9.92. The van der Waals surface area contributed by atoms with Crippen LogP contribution in [-0.2, 0) is 16.1 Å². The Balaban J connectivity index is 2.44. The summed E-state index contributed by atoms with van der Waals surface area (Å²) in [6, 6.07) is 15.9. The largest absolute Gasteiger partial charge is 0.377 e. The summed E-state index contributed by atoms with van der Waals surface area (Å²) in [6.07, 6.45) is 0.477. The summed E-state index contributed by atoms with van der Waals surface area (Å²) < 4.78 is 0. The van der Waals surface area contributed by atoms with Crippen molar-refractivity contribution < 1.29 is 9.59 Å². The molecule has 0 heterocycles. The average molecular weight is 438 g/mol. The van der Waals surface area contributed by atoms with Crippen LogP contribution in [-0.4, -0.2) is 30.8 Å². The molecule has 1 N–H and O–H groups in total. The highest BCUT2D eigenvalue weighted by molar-refractivity contribution is 5.91. The van der Waals surface area contributed by atoms with E-state index in [1.807, 2.05) is 94.9 Å². The number of amides is 2. The summed E-state index contributed by atoms with van der Waals surface area (Å²) in [5.41, 5.74) is 3.37. The maximum Gasteiger partial charge on any atom is 0.228 e. The Hall–Kier alpha value is -2.82. The normalized spacial score (nSPS) is 12.4. The molecule has 5 nitrogen and oxygen atoms in total. The Labute approximate surface area is 193 Å². The van der Waals surface area contributed by atoms with Crippen LogP contribution in [0.25, 0.3) is 0 Å². The lowest BCUT2D eigenvalue weighted by Crippen LogP contribution is -2.40. The third kappa shape index (κ3) is 6.84. The first-order valence-electron chi connectivity index (χ1n) is 11.4. The van der Waals surface area contributed by atoms with Crippen molar-refractivity contribution in [1.82, 2.24) is 4.90 Å². The van der Waals surface area contributed by atoms with Crippen LogP contribution in [0.4, 0.5) is 11.4 Å². The van der Waals surface area contributed by atoms with Gasteiger partial charge in [-0.25, -0.2) is 0 Å². The number of rotatable bonds is 8. The van der Waals surface area contributed by atoms with Crippen LogP contribution in [0.5, 0.6) is 0 Å². The van der Waals surface area contributed by atoms with Gasteiger partial charge in [0, 0.05) is 43.9 Å². The molecule has 0 saturated heterocycles. The number of nitrogens with one attached hydrogen (secondary N) is 1. The summed E-state index contributed by atoms with van der Waals surface area (Å²) in [7, 11) is 3.98. The fourth-order valence-corrected chi connectivity index (χ4v) is 3.72. The smallest absolute Gasteiger partial charge is 0.228 e. The molecule has 0 aromatic heterocycles. The van der Waals surface area contributed by atoms with Crippen LogP contribution >= 0.6 is 0 Å². The molecular formula is C27H39N3O2. The first-order chi connectivity index (χ1) is 14.9. The first-order valence-corrected chi connectivity index (χ1v) is 11.4. The van der Waals surface area contributed by atoms with Gasteiger partial charge in [0.1, 0.15) is 0 Å². The van der Waals surface area contributed by atoms with Crippen LogP contribution in [0.2, 0.25) is 0 Å². The molecule has 0 fully saturated rings. The van der Waals surface area contributed by atoms with Crippen molar-refractivity contribution in [3.63, 3.8) is 0 Å². The van der Waals surface area contributed by atoms with Gasteiger partial charge in [0.05, 0.1) is 6.04 Å². The predicted molar refractivity (Wildman–Crippen MR) is 134 cm³/mol. The van der Waals surface area contributed by atoms with Gasteiger partial charge in [-0.05, 0) is 42.2 Å². The van der Waals surface area contributed by atoms with Crippen molar-refractivity contribution in [1.29, 1.82) is 0 Å². The van der Waals surface area contributed by atoms with Gasteiger partial charge < -0.3 is 15.1 Å². The van der Waals surface area contributed by atoms with Gasteiger partial charge in [0.25, 0.3) is 0 Å². The number of hydrogen-bond acceptors (Lipinski definition) is 3. The highest BCUT2D eigenvalue weighted by Gasteiger charge is 2.31. The Morgan fingerprint density at radius 1 is 0.969 bits per heavy atom. The first kappa shape index (κ1) is 25.4. The Morgan fingerprint density at radius 2 is 1.59 bits per heavy atom. The van der Waals surface area contributed by atoms with Gasteiger partial charge in [-0.1, -0.05) is 65.0 Å². The van der Waals surface area contributed by atoms with Crippen molar-refractivity contribution in [2.45, 2.75) is 60.5 Å². The van der Waals surface area contributed by atoms with Crippen molar-refractivity contribution in [2.75, 3.05) is 24.3 Å².